The van der Waals surface area contributed by atoms with Crippen LogP contribution in [0, 0.1) is 13.8 Å². The first-order valence-corrected chi connectivity index (χ1v) is 11.5. The number of carbonyl (C=O) groups is 1. The molecule has 7 heteroatoms. The average molecular weight is 419 g/mol. The number of hydrogen-bond acceptors (Lipinski definition) is 4. The lowest BCUT2D eigenvalue weighted by Gasteiger charge is -2.29. The molecule has 0 saturated heterocycles. The van der Waals surface area contributed by atoms with E-state index in [1.165, 1.54) is 18.2 Å². The number of aryl methyl sites for hydroxylation is 3. The summed E-state index contributed by atoms with van der Waals surface area (Å²) in [5, 5.41) is 2.86. The molecule has 1 amide bonds. The molecule has 0 aromatic heterocycles. The van der Waals surface area contributed by atoms with Gasteiger partial charge in [0.2, 0.25) is 15.9 Å². The Bertz CT molecular complexity index is 957. The molecule has 0 spiro atoms. The van der Waals surface area contributed by atoms with E-state index in [-0.39, 0.29) is 5.91 Å². The highest BCUT2D eigenvalue weighted by Crippen LogP contribution is 2.32. The zero-order chi connectivity index (χ0) is 21.6. The molecule has 29 heavy (non-hydrogen) atoms. The van der Waals surface area contributed by atoms with Crippen LogP contribution in [0.1, 0.15) is 30.0 Å². The highest BCUT2D eigenvalue weighted by atomic mass is 32.2. The molecule has 2 aromatic carbocycles. The lowest BCUT2D eigenvalue weighted by atomic mass is 10.1. The summed E-state index contributed by atoms with van der Waals surface area (Å²) in [7, 11) is -2.22. The Kier molecular flexibility index (Phi) is 7.67. The van der Waals surface area contributed by atoms with Crippen molar-refractivity contribution < 1.29 is 17.9 Å². The first-order valence-electron chi connectivity index (χ1n) is 9.60. The molecular formula is C22H30N2O4S. The van der Waals surface area contributed by atoms with E-state index in [1.54, 1.807) is 19.1 Å². The van der Waals surface area contributed by atoms with Gasteiger partial charge in [-0.15, -0.1) is 0 Å². The van der Waals surface area contributed by atoms with Crippen LogP contribution in [0.5, 0.6) is 5.75 Å². The van der Waals surface area contributed by atoms with Crippen molar-refractivity contribution in [1.82, 2.24) is 5.32 Å². The second-order valence-electron chi connectivity index (χ2n) is 7.29. The van der Waals surface area contributed by atoms with Crippen molar-refractivity contribution in [3.05, 3.63) is 59.2 Å². The molecule has 2 rings (SSSR count). The zero-order valence-electron chi connectivity index (χ0n) is 17.7. The largest absolute Gasteiger partial charge is 0.495 e. The lowest BCUT2D eigenvalue weighted by Crippen LogP contribution is -2.48. The van der Waals surface area contributed by atoms with Crippen LogP contribution in [0.15, 0.2) is 42.5 Å². The Morgan fingerprint density at radius 2 is 1.83 bits per heavy atom. The predicted octanol–water partition coefficient (Wildman–Crippen LogP) is 3.22. The molecule has 158 valence electrons. The minimum Gasteiger partial charge on any atom is -0.495 e. The smallest absolute Gasteiger partial charge is 0.243 e. The van der Waals surface area contributed by atoms with Crippen LogP contribution in [-0.2, 0) is 21.2 Å². The van der Waals surface area contributed by atoms with Crippen molar-refractivity contribution in [2.75, 3.05) is 24.2 Å². The van der Waals surface area contributed by atoms with Gasteiger partial charge in [0.05, 0.1) is 19.1 Å². The molecule has 6 nitrogen and oxygen atoms in total. The van der Waals surface area contributed by atoms with E-state index in [1.807, 2.05) is 32.0 Å². The molecule has 0 aliphatic heterocycles. The van der Waals surface area contributed by atoms with Gasteiger partial charge in [-0.2, -0.15) is 0 Å². The maximum atomic E-state index is 12.7. The Labute approximate surface area is 173 Å². The molecule has 1 atom stereocenters. The van der Waals surface area contributed by atoms with Crippen LogP contribution < -0.4 is 14.4 Å². The fraction of sp³-hybridized carbons (Fsp3) is 0.409. The van der Waals surface area contributed by atoms with Crippen molar-refractivity contribution in [3.63, 3.8) is 0 Å². The minimum absolute atomic E-state index is 0.344. The van der Waals surface area contributed by atoms with E-state index < -0.39 is 16.1 Å². The number of anilines is 1. The summed E-state index contributed by atoms with van der Waals surface area (Å²) in [6, 6.07) is 12.6. The number of carbonyl (C=O) groups excluding carboxylic acids is 1. The Morgan fingerprint density at radius 3 is 2.45 bits per heavy atom. The topological polar surface area (TPSA) is 75.7 Å². The molecular weight excluding hydrogens is 388 g/mol. The minimum atomic E-state index is -3.70. The van der Waals surface area contributed by atoms with Crippen molar-refractivity contribution in [1.29, 1.82) is 0 Å². The standard InChI is InChI=1S/C22H30N2O4S/c1-16-8-6-9-19(14-16)10-7-13-23-22(25)18(3)24(29(5,26)27)20-15-17(2)11-12-21(20)28-4/h6,8-9,11-12,14-15,18H,7,10,13H2,1-5H3,(H,23,25). The zero-order valence-corrected chi connectivity index (χ0v) is 18.5. The van der Waals surface area contributed by atoms with Crippen LogP contribution in [0.25, 0.3) is 0 Å². The third-order valence-electron chi connectivity index (χ3n) is 4.68. The molecule has 0 radical (unpaired) electrons. The number of benzene rings is 2. The Balaban J connectivity index is 2.08. The third-order valence-corrected chi connectivity index (χ3v) is 5.91. The summed E-state index contributed by atoms with van der Waals surface area (Å²) < 4.78 is 31.4. The predicted molar refractivity (Wildman–Crippen MR) is 117 cm³/mol. The van der Waals surface area contributed by atoms with Gasteiger partial charge >= 0.3 is 0 Å². The van der Waals surface area contributed by atoms with Gasteiger partial charge in [0.1, 0.15) is 11.8 Å². The van der Waals surface area contributed by atoms with Gasteiger partial charge < -0.3 is 10.1 Å². The Hall–Kier alpha value is -2.54. The van der Waals surface area contributed by atoms with Crippen molar-refractivity contribution in [2.45, 2.75) is 39.7 Å². The second-order valence-corrected chi connectivity index (χ2v) is 9.15. The molecule has 1 N–H and O–H groups in total. The fourth-order valence-corrected chi connectivity index (χ4v) is 4.44. The number of sulfonamides is 1. The van der Waals surface area contributed by atoms with Gasteiger partial charge in [-0.1, -0.05) is 35.9 Å². The highest BCUT2D eigenvalue weighted by Gasteiger charge is 2.31. The molecule has 0 aliphatic rings. The molecule has 0 fully saturated rings. The maximum absolute atomic E-state index is 12.7. The summed E-state index contributed by atoms with van der Waals surface area (Å²) in [5.74, 6) is 0.0587. The van der Waals surface area contributed by atoms with Gasteiger partial charge in [-0.3, -0.25) is 9.10 Å². The number of hydrogen-bond donors (Lipinski definition) is 1. The summed E-state index contributed by atoms with van der Waals surface area (Å²) in [5.41, 5.74) is 3.66. The molecule has 0 saturated carbocycles. The third kappa shape index (κ3) is 6.22. The van der Waals surface area contributed by atoms with Gasteiger partial charge in [0.15, 0.2) is 0 Å². The quantitative estimate of drug-likeness (QED) is 0.635. The van der Waals surface area contributed by atoms with Gasteiger partial charge in [-0.25, -0.2) is 8.42 Å². The van der Waals surface area contributed by atoms with Crippen LogP contribution in [0.4, 0.5) is 5.69 Å². The van der Waals surface area contributed by atoms with Crippen molar-refractivity contribution >= 4 is 21.6 Å². The second kappa shape index (κ2) is 9.78. The number of amides is 1. The highest BCUT2D eigenvalue weighted by molar-refractivity contribution is 7.92. The molecule has 0 aliphatic carbocycles. The van der Waals surface area contributed by atoms with Crippen LogP contribution in [0.2, 0.25) is 0 Å². The van der Waals surface area contributed by atoms with E-state index in [0.29, 0.717) is 18.0 Å². The first kappa shape index (κ1) is 22.7. The number of ether oxygens (including phenoxy) is 1. The van der Waals surface area contributed by atoms with Crippen molar-refractivity contribution in [2.24, 2.45) is 0 Å². The van der Waals surface area contributed by atoms with E-state index in [0.717, 1.165) is 29.0 Å². The summed E-state index contributed by atoms with van der Waals surface area (Å²) >= 11 is 0. The van der Waals surface area contributed by atoms with Crippen LogP contribution in [-0.4, -0.2) is 40.3 Å². The number of rotatable bonds is 9. The Morgan fingerprint density at radius 1 is 1.14 bits per heavy atom. The van der Waals surface area contributed by atoms with Crippen molar-refractivity contribution in [3.8, 4) is 5.75 Å². The van der Waals surface area contributed by atoms with Crippen LogP contribution in [0.3, 0.4) is 0 Å². The maximum Gasteiger partial charge on any atom is 0.243 e. The molecule has 0 bridgehead atoms. The van der Waals surface area contributed by atoms with E-state index in [4.69, 9.17) is 4.74 Å². The van der Waals surface area contributed by atoms with Gasteiger partial charge in [0.25, 0.3) is 0 Å². The summed E-state index contributed by atoms with van der Waals surface area (Å²) in [6.45, 7) is 5.96. The normalized spacial score (nSPS) is 12.3. The molecule has 0 heterocycles. The fourth-order valence-electron chi connectivity index (χ4n) is 3.27. The monoisotopic (exact) mass is 418 g/mol. The molecule has 1 unspecified atom stereocenters. The lowest BCUT2D eigenvalue weighted by molar-refractivity contribution is -0.121. The van der Waals surface area contributed by atoms with E-state index >= 15 is 0 Å². The number of methoxy groups -OCH3 is 1. The van der Waals surface area contributed by atoms with E-state index in [2.05, 4.69) is 17.4 Å². The van der Waals surface area contributed by atoms with Gasteiger partial charge in [0, 0.05) is 6.54 Å². The van der Waals surface area contributed by atoms with E-state index in [9.17, 15) is 13.2 Å². The van der Waals surface area contributed by atoms with Gasteiger partial charge in [-0.05, 0) is 56.9 Å². The first-order chi connectivity index (χ1) is 13.6. The SMILES string of the molecule is COc1ccc(C)cc1N(C(C)C(=O)NCCCc1cccc(C)c1)S(C)(=O)=O. The summed E-state index contributed by atoms with van der Waals surface area (Å²) in [6.07, 6.45) is 2.71. The van der Waals surface area contributed by atoms with Crippen LogP contribution >= 0.6 is 0 Å². The summed E-state index contributed by atoms with van der Waals surface area (Å²) in [4.78, 5) is 12.7. The number of nitrogens with one attached hydrogen (secondary N) is 1. The average Bonchev–Trinajstić information content (AvgIpc) is 2.64. The molecule has 2 aromatic rings. The number of nitrogens with zero attached hydrogens (tertiary/aromatic N) is 1.